The standard InChI is InChI=1S/C20H25N3O3/c1-12(24)26-11-18-20-13(5-4-6-19(20)25-3)9-16-14-7-8-15(22(14)2)17(10-21)23(16)18/h4-6,14-18H,7-9,11H2,1-3H3/t14-,15+,16-,17-,18-/m0/s1. The molecule has 0 radical (unpaired) electrons. The number of methoxy groups -OCH3 is 1. The lowest BCUT2D eigenvalue weighted by molar-refractivity contribution is -0.145. The maximum atomic E-state index is 11.5. The van der Waals surface area contributed by atoms with E-state index in [0.29, 0.717) is 6.04 Å². The molecule has 0 saturated carbocycles. The second kappa shape index (κ2) is 6.57. The van der Waals surface area contributed by atoms with Crippen LogP contribution in [0, 0.1) is 11.3 Å². The summed E-state index contributed by atoms with van der Waals surface area (Å²) in [5.74, 6) is 0.509. The van der Waals surface area contributed by atoms with Crippen LogP contribution < -0.4 is 4.74 Å². The van der Waals surface area contributed by atoms with E-state index in [1.165, 1.54) is 12.5 Å². The van der Waals surface area contributed by atoms with Crippen LogP contribution in [-0.2, 0) is 16.0 Å². The Morgan fingerprint density at radius 2 is 2.08 bits per heavy atom. The number of nitriles is 1. The summed E-state index contributed by atoms with van der Waals surface area (Å²) in [4.78, 5) is 16.2. The number of rotatable bonds is 3. The van der Waals surface area contributed by atoms with E-state index in [-0.39, 0.29) is 36.7 Å². The van der Waals surface area contributed by atoms with Crippen LogP contribution in [0.4, 0.5) is 0 Å². The van der Waals surface area contributed by atoms with Crippen molar-refractivity contribution in [3.05, 3.63) is 29.3 Å². The molecule has 0 amide bonds. The van der Waals surface area contributed by atoms with Gasteiger partial charge in [0.05, 0.1) is 19.2 Å². The van der Waals surface area contributed by atoms with E-state index in [9.17, 15) is 10.1 Å². The van der Waals surface area contributed by atoms with Crippen molar-refractivity contribution >= 4 is 5.97 Å². The number of piperazine rings is 1. The molecule has 3 heterocycles. The second-order valence-electron chi connectivity index (χ2n) is 7.52. The molecule has 138 valence electrons. The molecule has 1 aromatic rings. The molecule has 3 aliphatic rings. The predicted molar refractivity (Wildman–Crippen MR) is 95.7 cm³/mol. The minimum absolute atomic E-state index is 0.148. The van der Waals surface area contributed by atoms with Crippen LogP contribution in [0.3, 0.4) is 0 Å². The highest BCUT2D eigenvalue weighted by Crippen LogP contribution is 2.48. The number of carbonyl (C=O) groups excluding carboxylic acids is 1. The molecule has 0 spiro atoms. The zero-order chi connectivity index (χ0) is 18.4. The van der Waals surface area contributed by atoms with Gasteiger partial charge in [0.2, 0.25) is 0 Å². The highest BCUT2D eigenvalue weighted by molar-refractivity contribution is 5.66. The molecule has 0 N–H and O–H groups in total. The molecule has 2 saturated heterocycles. The smallest absolute Gasteiger partial charge is 0.302 e. The largest absolute Gasteiger partial charge is 0.496 e. The molecular formula is C20H25N3O3. The number of esters is 1. The van der Waals surface area contributed by atoms with E-state index in [4.69, 9.17) is 9.47 Å². The van der Waals surface area contributed by atoms with E-state index in [1.54, 1.807) is 7.11 Å². The normalized spacial score (nSPS) is 33.1. The molecule has 2 fully saturated rings. The van der Waals surface area contributed by atoms with Crippen LogP contribution >= 0.6 is 0 Å². The van der Waals surface area contributed by atoms with Crippen molar-refractivity contribution < 1.29 is 14.3 Å². The molecule has 0 aromatic heterocycles. The van der Waals surface area contributed by atoms with Gasteiger partial charge in [-0.25, -0.2) is 0 Å². The van der Waals surface area contributed by atoms with E-state index in [1.807, 2.05) is 12.1 Å². The van der Waals surface area contributed by atoms with Gasteiger partial charge in [-0.15, -0.1) is 0 Å². The fraction of sp³-hybridized carbons (Fsp3) is 0.600. The summed E-state index contributed by atoms with van der Waals surface area (Å²) in [6, 6.07) is 9.22. The topological polar surface area (TPSA) is 65.8 Å². The number of hydrogen-bond acceptors (Lipinski definition) is 6. The average Bonchev–Trinajstić information content (AvgIpc) is 2.92. The number of carbonyl (C=O) groups is 1. The van der Waals surface area contributed by atoms with Gasteiger partial charge in [-0.3, -0.25) is 14.6 Å². The van der Waals surface area contributed by atoms with Crippen LogP contribution in [0.5, 0.6) is 5.75 Å². The van der Waals surface area contributed by atoms with Crippen molar-refractivity contribution in [2.45, 2.75) is 56.4 Å². The Morgan fingerprint density at radius 3 is 2.77 bits per heavy atom. The summed E-state index contributed by atoms with van der Waals surface area (Å²) in [7, 11) is 3.81. The Hall–Kier alpha value is -2.10. The first-order valence-electron chi connectivity index (χ1n) is 9.25. The monoisotopic (exact) mass is 355 g/mol. The van der Waals surface area contributed by atoms with Gasteiger partial charge in [0, 0.05) is 30.6 Å². The van der Waals surface area contributed by atoms with E-state index < -0.39 is 0 Å². The summed E-state index contributed by atoms with van der Waals surface area (Å²) in [6.45, 7) is 1.68. The fourth-order valence-electron chi connectivity index (χ4n) is 5.33. The number of benzene rings is 1. The quantitative estimate of drug-likeness (QED) is 0.772. The molecule has 3 aliphatic heterocycles. The molecule has 5 atom stereocenters. The Bertz CT molecular complexity index is 759. The first-order valence-corrected chi connectivity index (χ1v) is 9.25. The number of nitrogens with zero attached hydrogens (tertiary/aromatic N) is 3. The molecule has 4 rings (SSSR count). The van der Waals surface area contributed by atoms with Gasteiger partial charge in [-0.05, 0) is 37.9 Å². The number of hydrogen-bond donors (Lipinski definition) is 0. The van der Waals surface area contributed by atoms with E-state index in [2.05, 4.69) is 29.0 Å². The lowest BCUT2D eigenvalue weighted by atomic mass is 9.82. The Labute approximate surface area is 154 Å². The van der Waals surface area contributed by atoms with Crippen LogP contribution in [0.1, 0.15) is 36.9 Å². The molecule has 6 heteroatoms. The van der Waals surface area contributed by atoms with Gasteiger partial charge in [-0.2, -0.15) is 5.26 Å². The maximum absolute atomic E-state index is 11.5. The molecule has 26 heavy (non-hydrogen) atoms. The van der Waals surface area contributed by atoms with Crippen LogP contribution in [0.2, 0.25) is 0 Å². The highest BCUT2D eigenvalue weighted by Gasteiger charge is 2.54. The summed E-state index contributed by atoms with van der Waals surface area (Å²) in [6.07, 6.45) is 3.04. The summed E-state index contributed by atoms with van der Waals surface area (Å²) in [5, 5.41) is 9.98. The van der Waals surface area contributed by atoms with Gasteiger partial charge in [0.25, 0.3) is 0 Å². The van der Waals surface area contributed by atoms with Crippen molar-refractivity contribution in [1.29, 1.82) is 5.26 Å². The highest BCUT2D eigenvalue weighted by atomic mass is 16.5. The number of likely N-dealkylation sites (N-methyl/N-ethyl adjacent to an activating group) is 1. The van der Waals surface area contributed by atoms with Crippen molar-refractivity contribution in [3.8, 4) is 11.8 Å². The minimum atomic E-state index is -0.297. The third-order valence-corrected chi connectivity index (χ3v) is 6.39. The van der Waals surface area contributed by atoms with Crippen molar-refractivity contribution in [3.63, 3.8) is 0 Å². The molecule has 0 unspecified atom stereocenters. The zero-order valence-electron chi connectivity index (χ0n) is 15.5. The minimum Gasteiger partial charge on any atom is -0.496 e. The summed E-state index contributed by atoms with van der Waals surface area (Å²) >= 11 is 0. The van der Waals surface area contributed by atoms with Gasteiger partial charge >= 0.3 is 5.97 Å². The second-order valence-corrected chi connectivity index (χ2v) is 7.52. The first-order chi connectivity index (χ1) is 12.6. The lowest BCUT2D eigenvalue weighted by Gasteiger charge is -2.54. The molecular weight excluding hydrogens is 330 g/mol. The first kappa shape index (κ1) is 17.3. The summed E-state index contributed by atoms with van der Waals surface area (Å²) < 4.78 is 11.1. The van der Waals surface area contributed by atoms with E-state index in [0.717, 1.165) is 30.6 Å². The molecule has 6 nitrogen and oxygen atoms in total. The Kier molecular flexibility index (Phi) is 4.37. The van der Waals surface area contributed by atoms with Crippen molar-refractivity contribution in [1.82, 2.24) is 9.80 Å². The number of fused-ring (bicyclic) bond motifs is 5. The van der Waals surface area contributed by atoms with Gasteiger partial charge < -0.3 is 9.47 Å². The van der Waals surface area contributed by atoms with E-state index >= 15 is 0 Å². The van der Waals surface area contributed by atoms with Crippen molar-refractivity contribution in [2.24, 2.45) is 0 Å². The number of ether oxygens (including phenoxy) is 2. The van der Waals surface area contributed by atoms with Gasteiger partial charge in [-0.1, -0.05) is 12.1 Å². The predicted octanol–water partition coefficient (Wildman–Crippen LogP) is 1.89. The zero-order valence-corrected chi connectivity index (χ0v) is 15.5. The average molecular weight is 355 g/mol. The third kappa shape index (κ3) is 2.50. The van der Waals surface area contributed by atoms with Gasteiger partial charge in [0.15, 0.2) is 0 Å². The molecule has 1 aromatic carbocycles. The molecule has 2 bridgehead atoms. The van der Waals surface area contributed by atoms with Crippen molar-refractivity contribution in [2.75, 3.05) is 20.8 Å². The third-order valence-electron chi connectivity index (χ3n) is 6.39. The Morgan fingerprint density at radius 1 is 1.31 bits per heavy atom. The summed E-state index contributed by atoms with van der Waals surface area (Å²) in [5.41, 5.74) is 2.30. The van der Waals surface area contributed by atoms with Crippen LogP contribution in [-0.4, -0.2) is 60.7 Å². The maximum Gasteiger partial charge on any atom is 0.302 e. The Balaban J connectivity index is 1.82. The van der Waals surface area contributed by atoms with Crippen LogP contribution in [0.25, 0.3) is 0 Å². The fourth-order valence-corrected chi connectivity index (χ4v) is 5.33. The van der Waals surface area contributed by atoms with Crippen LogP contribution in [0.15, 0.2) is 18.2 Å². The molecule has 0 aliphatic carbocycles. The lowest BCUT2D eigenvalue weighted by Crippen LogP contribution is -2.66. The SMILES string of the molecule is COc1cccc2c1[C@H](COC(C)=O)N1[C@@H](C#N)[C@H]3CC[C@@H]([C@@H]1C2)N3C. The van der Waals surface area contributed by atoms with Gasteiger partial charge in [0.1, 0.15) is 18.4 Å².